The van der Waals surface area contributed by atoms with Crippen molar-refractivity contribution in [2.75, 3.05) is 52.4 Å². The van der Waals surface area contributed by atoms with Gasteiger partial charge in [-0.25, -0.2) is 4.79 Å². The zero-order valence-corrected chi connectivity index (χ0v) is 14.7. The molecule has 4 saturated heterocycles. The van der Waals surface area contributed by atoms with Crippen LogP contribution in [-0.2, 0) is 5.41 Å². The predicted octanol–water partition coefficient (Wildman–Crippen LogP) is 0.236. The van der Waals surface area contributed by atoms with Crippen molar-refractivity contribution < 1.29 is 9.90 Å². The maximum Gasteiger partial charge on any atom is 0.315 e. The third-order valence-corrected chi connectivity index (χ3v) is 6.05. The van der Waals surface area contributed by atoms with E-state index in [0.717, 1.165) is 39.3 Å². The van der Waals surface area contributed by atoms with Gasteiger partial charge in [-0.05, 0) is 12.0 Å². The molecule has 0 aliphatic carbocycles. The van der Waals surface area contributed by atoms with Gasteiger partial charge in [0.25, 0.3) is 0 Å². The topological polar surface area (TPSA) is 67.8 Å². The van der Waals surface area contributed by atoms with Gasteiger partial charge < -0.3 is 25.5 Å². The van der Waals surface area contributed by atoms with Gasteiger partial charge in [0.05, 0.1) is 0 Å². The monoisotopic (exact) mass is 344 g/mol. The molecule has 1 aromatic carbocycles. The van der Waals surface area contributed by atoms with E-state index < -0.39 is 0 Å². The molecule has 5 rings (SSSR count). The molecular formula is C19H28N4O2. The minimum absolute atomic E-state index is 0.0484. The lowest BCUT2D eigenvalue weighted by molar-refractivity contribution is 0.0230. The first-order chi connectivity index (χ1) is 12.2. The molecular weight excluding hydrogens is 316 g/mol. The SMILES string of the molecule is O=C(NCCCO)N[C@@H]1C2CN3CCN(C2)CC1(c1ccccc1)C3. The number of nitrogens with one attached hydrogen (secondary N) is 2. The lowest BCUT2D eigenvalue weighted by Crippen LogP contribution is -2.71. The summed E-state index contributed by atoms with van der Waals surface area (Å²) in [4.78, 5) is 17.6. The zero-order chi connectivity index (χ0) is 17.3. The summed E-state index contributed by atoms with van der Waals surface area (Å²) in [7, 11) is 0. The summed E-state index contributed by atoms with van der Waals surface area (Å²) in [5.41, 5.74) is 1.28. The summed E-state index contributed by atoms with van der Waals surface area (Å²) in [6.45, 7) is 7.00. The lowest BCUT2D eigenvalue weighted by Gasteiger charge is -2.55. The molecule has 4 fully saturated rings. The Kier molecular flexibility index (Phi) is 4.67. The summed E-state index contributed by atoms with van der Waals surface area (Å²) in [6.07, 6.45) is 0.590. The molecule has 6 heteroatoms. The van der Waals surface area contributed by atoms with E-state index in [-0.39, 0.29) is 24.1 Å². The zero-order valence-electron chi connectivity index (χ0n) is 14.7. The van der Waals surface area contributed by atoms with Crippen LogP contribution in [0.2, 0.25) is 0 Å². The first kappa shape index (κ1) is 16.8. The van der Waals surface area contributed by atoms with Crippen molar-refractivity contribution in [2.45, 2.75) is 17.9 Å². The van der Waals surface area contributed by atoms with Crippen LogP contribution in [-0.4, -0.2) is 79.4 Å². The standard InChI is InChI=1S/C19H28N4O2/c24-10-4-7-20-18(25)21-17-15-11-22-8-9-23(12-15)14-19(17,13-22)16-5-2-1-3-6-16/h1-3,5-6,15,17,24H,4,7-14H2,(H2,20,21,25)/t15?,17-,19?/m1/s1. The molecule has 0 spiro atoms. The second-order valence-electron chi connectivity index (χ2n) is 7.71. The Bertz CT molecular complexity index is 593. The van der Waals surface area contributed by atoms with Gasteiger partial charge in [-0.1, -0.05) is 30.3 Å². The fourth-order valence-electron chi connectivity index (χ4n) is 5.04. The number of hydrogen-bond acceptors (Lipinski definition) is 4. The van der Waals surface area contributed by atoms with Crippen LogP contribution in [0.4, 0.5) is 4.79 Å². The smallest absolute Gasteiger partial charge is 0.315 e. The molecule has 2 unspecified atom stereocenters. The van der Waals surface area contributed by atoms with E-state index in [4.69, 9.17) is 5.11 Å². The van der Waals surface area contributed by atoms with E-state index in [1.807, 2.05) is 0 Å². The van der Waals surface area contributed by atoms with Gasteiger partial charge in [0, 0.05) is 69.8 Å². The largest absolute Gasteiger partial charge is 0.396 e. The van der Waals surface area contributed by atoms with Crippen LogP contribution in [0, 0.1) is 5.92 Å². The number of amides is 2. The van der Waals surface area contributed by atoms with Crippen molar-refractivity contribution in [1.82, 2.24) is 20.4 Å². The third kappa shape index (κ3) is 3.14. The Labute approximate surface area is 149 Å². The van der Waals surface area contributed by atoms with E-state index in [0.29, 0.717) is 18.9 Å². The van der Waals surface area contributed by atoms with Crippen molar-refractivity contribution in [1.29, 1.82) is 0 Å². The Morgan fingerprint density at radius 2 is 1.84 bits per heavy atom. The molecule has 6 nitrogen and oxygen atoms in total. The summed E-state index contributed by atoms with van der Waals surface area (Å²) >= 11 is 0. The van der Waals surface area contributed by atoms with Gasteiger partial charge in [-0.15, -0.1) is 0 Å². The predicted molar refractivity (Wildman–Crippen MR) is 96.5 cm³/mol. The second kappa shape index (κ2) is 6.94. The van der Waals surface area contributed by atoms with E-state index in [9.17, 15) is 4.79 Å². The van der Waals surface area contributed by atoms with Crippen LogP contribution in [0.15, 0.2) is 30.3 Å². The van der Waals surface area contributed by atoms with Gasteiger partial charge in [0.15, 0.2) is 0 Å². The average Bonchev–Trinajstić information content (AvgIpc) is 2.87. The Morgan fingerprint density at radius 3 is 2.48 bits per heavy atom. The first-order valence-electron chi connectivity index (χ1n) is 9.37. The molecule has 136 valence electrons. The van der Waals surface area contributed by atoms with Gasteiger partial charge in [-0.3, -0.25) is 0 Å². The number of aliphatic hydroxyl groups is 1. The minimum atomic E-state index is -0.107. The summed E-state index contributed by atoms with van der Waals surface area (Å²) in [5, 5.41) is 15.1. The van der Waals surface area contributed by atoms with Crippen LogP contribution in [0.1, 0.15) is 12.0 Å². The molecule has 4 heterocycles. The van der Waals surface area contributed by atoms with Crippen LogP contribution >= 0.6 is 0 Å². The molecule has 0 aromatic heterocycles. The number of hydrogen-bond donors (Lipinski definition) is 3. The first-order valence-corrected chi connectivity index (χ1v) is 9.37. The third-order valence-electron chi connectivity index (χ3n) is 6.05. The highest BCUT2D eigenvalue weighted by atomic mass is 16.3. The van der Waals surface area contributed by atoms with E-state index in [1.54, 1.807) is 0 Å². The van der Waals surface area contributed by atoms with Gasteiger partial charge in [0.2, 0.25) is 0 Å². The highest BCUT2D eigenvalue weighted by Gasteiger charge is 2.55. The van der Waals surface area contributed by atoms with Crippen molar-refractivity contribution in [2.24, 2.45) is 5.92 Å². The maximum absolute atomic E-state index is 12.4. The highest BCUT2D eigenvalue weighted by molar-refractivity contribution is 5.74. The highest BCUT2D eigenvalue weighted by Crippen LogP contribution is 2.43. The number of carbonyl (C=O) groups excluding carboxylic acids is 1. The number of rotatable bonds is 5. The average molecular weight is 344 g/mol. The number of urea groups is 1. The van der Waals surface area contributed by atoms with Crippen LogP contribution in [0.3, 0.4) is 0 Å². The molecule has 0 radical (unpaired) electrons. The van der Waals surface area contributed by atoms with Crippen molar-refractivity contribution in [3.63, 3.8) is 0 Å². The summed E-state index contributed by atoms with van der Waals surface area (Å²) in [6, 6.07) is 10.7. The molecule has 4 aliphatic rings. The molecule has 3 atom stereocenters. The van der Waals surface area contributed by atoms with E-state index >= 15 is 0 Å². The molecule has 2 amide bonds. The lowest BCUT2D eigenvalue weighted by atomic mass is 9.64. The number of piperidine rings is 2. The second-order valence-corrected chi connectivity index (χ2v) is 7.71. The fraction of sp³-hybridized carbons (Fsp3) is 0.632. The van der Waals surface area contributed by atoms with Gasteiger partial charge >= 0.3 is 6.03 Å². The van der Waals surface area contributed by atoms with E-state index in [1.165, 1.54) is 5.56 Å². The number of aliphatic hydroxyl groups excluding tert-OH is 1. The molecule has 25 heavy (non-hydrogen) atoms. The van der Waals surface area contributed by atoms with Crippen LogP contribution in [0.25, 0.3) is 0 Å². The number of carbonyl (C=O) groups is 1. The molecule has 4 aliphatic heterocycles. The summed E-state index contributed by atoms with van der Waals surface area (Å²) in [5.74, 6) is 0.453. The molecule has 3 N–H and O–H groups in total. The molecule has 1 aromatic rings. The number of benzene rings is 1. The van der Waals surface area contributed by atoms with Crippen LogP contribution in [0.5, 0.6) is 0 Å². The van der Waals surface area contributed by atoms with Gasteiger partial charge in [-0.2, -0.15) is 0 Å². The van der Waals surface area contributed by atoms with Crippen molar-refractivity contribution in [3.05, 3.63) is 35.9 Å². The number of fused-ring (bicyclic) bond motifs is 1. The quantitative estimate of drug-likeness (QED) is 0.669. The number of nitrogens with zero attached hydrogens (tertiary/aromatic N) is 2. The molecule has 4 bridgehead atoms. The Balaban J connectivity index is 1.61. The van der Waals surface area contributed by atoms with Crippen molar-refractivity contribution in [3.8, 4) is 0 Å². The fourth-order valence-corrected chi connectivity index (χ4v) is 5.04. The molecule has 0 saturated carbocycles. The Morgan fingerprint density at radius 1 is 1.16 bits per heavy atom. The van der Waals surface area contributed by atoms with Crippen LogP contribution < -0.4 is 10.6 Å². The summed E-state index contributed by atoms with van der Waals surface area (Å²) < 4.78 is 0. The van der Waals surface area contributed by atoms with Crippen molar-refractivity contribution >= 4 is 6.03 Å². The minimum Gasteiger partial charge on any atom is -0.396 e. The van der Waals surface area contributed by atoms with E-state index in [2.05, 4.69) is 50.8 Å². The van der Waals surface area contributed by atoms with Gasteiger partial charge in [0.1, 0.15) is 0 Å². The maximum atomic E-state index is 12.4. The Hall–Kier alpha value is -1.63. The normalized spacial score (nSPS) is 36.0.